The molecule has 0 bridgehead atoms. The Morgan fingerprint density at radius 2 is 2.27 bits per heavy atom. The van der Waals surface area contributed by atoms with Gasteiger partial charge >= 0.3 is 0 Å². The summed E-state index contributed by atoms with van der Waals surface area (Å²) in [6.45, 7) is 7.45. The van der Waals surface area contributed by atoms with Crippen molar-refractivity contribution in [3.05, 3.63) is 0 Å². The van der Waals surface area contributed by atoms with Gasteiger partial charge in [0.25, 0.3) is 0 Å². The van der Waals surface area contributed by atoms with E-state index in [-0.39, 0.29) is 11.4 Å². The summed E-state index contributed by atoms with van der Waals surface area (Å²) >= 11 is 0. The van der Waals surface area contributed by atoms with Crippen LogP contribution in [0.3, 0.4) is 0 Å². The minimum absolute atomic E-state index is 0.00574. The van der Waals surface area contributed by atoms with E-state index in [0.29, 0.717) is 12.5 Å². The first-order chi connectivity index (χ1) is 6.88. The van der Waals surface area contributed by atoms with E-state index < -0.39 is 6.04 Å². The number of methoxy groups -OCH3 is 1. The summed E-state index contributed by atoms with van der Waals surface area (Å²) in [6, 6.07) is -0.528. The monoisotopic (exact) mass is 214 g/mol. The minimum atomic E-state index is -0.528. The Labute approximate surface area is 91.8 Å². The SMILES string of the molecule is COCC(N)C(=O)N1CC(C)CC1(C)C. The van der Waals surface area contributed by atoms with Crippen molar-refractivity contribution in [3.63, 3.8) is 0 Å². The fourth-order valence-electron chi connectivity index (χ4n) is 2.43. The van der Waals surface area contributed by atoms with Gasteiger partial charge in [-0.05, 0) is 26.2 Å². The van der Waals surface area contributed by atoms with Crippen LogP contribution in [-0.2, 0) is 9.53 Å². The van der Waals surface area contributed by atoms with Crippen LogP contribution >= 0.6 is 0 Å². The van der Waals surface area contributed by atoms with Crippen molar-refractivity contribution < 1.29 is 9.53 Å². The van der Waals surface area contributed by atoms with Gasteiger partial charge in [-0.1, -0.05) is 6.92 Å². The van der Waals surface area contributed by atoms with Crippen LogP contribution in [0, 0.1) is 5.92 Å². The van der Waals surface area contributed by atoms with E-state index in [9.17, 15) is 4.79 Å². The average Bonchev–Trinajstić information content (AvgIpc) is 2.38. The van der Waals surface area contributed by atoms with Gasteiger partial charge < -0.3 is 15.4 Å². The highest BCUT2D eigenvalue weighted by molar-refractivity contribution is 5.82. The quantitative estimate of drug-likeness (QED) is 0.749. The van der Waals surface area contributed by atoms with Crippen molar-refractivity contribution in [1.29, 1.82) is 0 Å². The molecule has 4 nitrogen and oxygen atoms in total. The largest absolute Gasteiger partial charge is 0.383 e. The first-order valence-corrected chi connectivity index (χ1v) is 5.44. The lowest BCUT2D eigenvalue weighted by molar-refractivity contribution is -0.137. The Morgan fingerprint density at radius 1 is 1.67 bits per heavy atom. The van der Waals surface area contributed by atoms with E-state index in [4.69, 9.17) is 10.5 Å². The van der Waals surface area contributed by atoms with E-state index in [1.165, 1.54) is 0 Å². The van der Waals surface area contributed by atoms with Crippen LogP contribution < -0.4 is 5.73 Å². The molecular formula is C11H22N2O2. The standard InChI is InChI=1S/C11H22N2O2/c1-8-5-11(2,3)13(6-8)10(14)9(12)7-15-4/h8-9H,5-7,12H2,1-4H3. The predicted molar refractivity (Wildman–Crippen MR) is 59.4 cm³/mol. The molecule has 0 aromatic rings. The Kier molecular flexibility index (Phi) is 3.73. The summed E-state index contributed by atoms with van der Waals surface area (Å²) in [6.07, 6.45) is 1.04. The van der Waals surface area contributed by atoms with Gasteiger partial charge in [0.15, 0.2) is 0 Å². The van der Waals surface area contributed by atoms with Crippen molar-refractivity contribution in [2.24, 2.45) is 11.7 Å². The third kappa shape index (κ3) is 2.69. The number of rotatable bonds is 3. The molecule has 1 rings (SSSR count). The number of carbonyl (C=O) groups is 1. The number of hydrogen-bond donors (Lipinski definition) is 1. The van der Waals surface area contributed by atoms with Gasteiger partial charge in [-0.25, -0.2) is 0 Å². The van der Waals surface area contributed by atoms with Crippen LogP contribution in [0.15, 0.2) is 0 Å². The van der Waals surface area contributed by atoms with Gasteiger partial charge in [0, 0.05) is 19.2 Å². The summed E-state index contributed by atoms with van der Waals surface area (Å²) in [7, 11) is 1.56. The molecule has 0 saturated carbocycles. The number of nitrogens with zero attached hydrogens (tertiary/aromatic N) is 1. The van der Waals surface area contributed by atoms with Gasteiger partial charge in [-0.15, -0.1) is 0 Å². The molecule has 0 aromatic carbocycles. The van der Waals surface area contributed by atoms with Gasteiger partial charge in [0.1, 0.15) is 6.04 Å². The molecule has 2 unspecified atom stereocenters. The molecule has 2 atom stereocenters. The lowest BCUT2D eigenvalue weighted by Gasteiger charge is -2.33. The van der Waals surface area contributed by atoms with Crippen molar-refractivity contribution in [3.8, 4) is 0 Å². The van der Waals surface area contributed by atoms with Gasteiger partial charge in [0.2, 0.25) is 5.91 Å². The molecule has 1 fully saturated rings. The third-order valence-electron chi connectivity index (χ3n) is 3.00. The second kappa shape index (κ2) is 4.49. The smallest absolute Gasteiger partial charge is 0.242 e. The molecule has 0 aromatic heterocycles. The van der Waals surface area contributed by atoms with Crippen molar-refractivity contribution in [2.45, 2.75) is 38.8 Å². The van der Waals surface area contributed by atoms with Crippen LogP contribution in [0.25, 0.3) is 0 Å². The summed E-state index contributed by atoms with van der Waals surface area (Å²) in [5.41, 5.74) is 5.69. The number of ether oxygens (including phenoxy) is 1. The van der Waals surface area contributed by atoms with Crippen LogP contribution in [0.4, 0.5) is 0 Å². The van der Waals surface area contributed by atoms with Crippen molar-refractivity contribution >= 4 is 5.91 Å². The fourth-order valence-corrected chi connectivity index (χ4v) is 2.43. The molecule has 4 heteroatoms. The number of nitrogens with two attached hydrogens (primary N) is 1. The first-order valence-electron chi connectivity index (χ1n) is 5.44. The molecule has 0 aliphatic carbocycles. The van der Waals surface area contributed by atoms with Crippen LogP contribution in [-0.4, -0.2) is 42.6 Å². The normalized spacial score (nSPS) is 26.7. The number of likely N-dealkylation sites (tertiary alicyclic amines) is 1. The Balaban J connectivity index is 2.67. The first kappa shape index (κ1) is 12.5. The highest BCUT2D eigenvalue weighted by Gasteiger charge is 2.40. The van der Waals surface area contributed by atoms with Gasteiger partial charge in [-0.3, -0.25) is 4.79 Å². The maximum atomic E-state index is 12.0. The molecule has 1 heterocycles. The molecular weight excluding hydrogens is 192 g/mol. The summed E-state index contributed by atoms with van der Waals surface area (Å²) in [5.74, 6) is 0.560. The molecule has 88 valence electrons. The third-order valence-corrected chi connectivity index (χ3v) is 3.00. The van der Waals surface area contributed by atoms with E-state index >= 15 is 0 Å². The summed E-state index contributed by atoms with van der Waals surface area (Å²) < 4.78 is 4.91. The lowest BCUT2D eigenvalue weighted by Crippen LogP contribution is -2.51. The predicted octanol–water partition coefficient (Wildman–Crippen LogP) is 0.607. The van der Waals surface area contributed by atoms with E-state index in [0.717, 1.165) is 13.0 Å². The second-order valence-corrected chi connectivity index (χ2v) is 5.13. The van der Waals surface area contributed by atoms with Crippen LogP contribution in [0.1, 0.15) is 27.2 Å². The number of amides is 1. The van der Waals surface area contributed by atoms with Crippen molar-refractivity contribution in [2.75, 3.05) is 20.3 Å². The van der Waals surface area contributed by atoms with E-state index in [2.05, 4.69) is 20.8 Å². The highest BCUT2D eigenvalue weighted by atomic mass is 16.5. The Bertz CT molecular complexity index is 241. The average molecular weight is 214 g/mol. The Morgan fingerprint density at radius 3 is 2.67 bits per heavy atom. The molecule has 1 saturated heterocycles. The molecule has 1 aliphatic heterocycles. The summed E-state index contributed by atoms with van der Waals surface area (Å²) in [5, 5.41) is 0. The molecule has 0 spiro atoms. The number of carbonyl (C=O) groups excluding carboxylic acids is 1. The Hall–Kier alpha value is -0.610. The molecule has 1 amide bonds. The van der Waals surface area contributed by atoms with E-state index in [1.807, 2.05) is 4.90 Å². The highest BCUT2D eigenvalue weighted by Crippen LogP contribution is 2.32. The fraction of sp³-hybridized carbons (Fsp3) is 0.909. The van der Waals surface area contributed by atoms with Crippen molar-refractivity contribution in [1.82, 2.24) is 4.90 Å². The van der Waals surface area contributed by atoms with E-state index in [1.54, 1.807) is 7.11 Å². The molecule has 15 heavy (non-hydrogen) atoms. The van der Waals surface area contributed by atoms with Gasteiger partial charge in [-0.2, -0.15) is 0 Å². The second-order valence-electron chi connectivity index (χ2n) is 5.13. The minimum Gasteiger partial charge on any atom is -0.383 e. The zero-order valence-corrected chi connectivity index (χ0v) is 10.1. The van der Waals surface area contributed by atoms with Gasteiger partial charge in [0.05, 0.1) is 6.61 Å². The number of hydrogen-bond acceptors (Lipinski definition) is 3. The summed E-state index contributed by atoms with van der Waals surface area (Å²) in [4.78, 5) is 13.9. The molecule has 1 aliphatic rings. The zero-order valence-electron chi connectivity index (χ0n) is 10.1. The lowest BCUT2D eigenvalue weighted by atomic mass is 9.97. The zero-order chi connectivity index (χ0) is 11.6. The maximum absolute atomic E-state index is 12.0. The van der Waals surface area contributed by atoms with Crippen LogP contribution in [0.2, 0.25) is 0 Å². The maximum Gasteiger partial charge on any atom is 0.242 e. The molecule has 0 radical (unpaired) electrons. The van der Waals surface area contributed by atoms with Crippen LogP contribution in [0.5, 0.6) is 0 Å². The molecule has 2 N–H and O–H groups in total. The topological polar surface area (TPSA) is 55.6 Å².